The van der Waals surface area contributed by atoms with Gasteiger partial charge in [0.05, 0.1) is 0 Å². The first kappa shape index (κ1) is 13.3. The number of aliphatic hydroxyl groups is 1. The van der Waals surface area contributed by atoms with Gasteiger partial charge in [0.2, 0.25) is 0 Å². The summed E-state index contributed by atoms with van der Waals surface area (Å²) in [6, 6.07) is 0. The molecule has 0 spiro atoms. The summed E-state index contributed by atoms with van der Waals surface area (Å²) in [5.74, 6) is -1.28. The number of rotatable bonds is 4. The summed E-state index contributed by atoms with van der Waals surface area (Å²) in [6.07, 6.45) is 0. The second-order valence-electron chi connectivity index (χ2n) is 1.45. The zero-order valence-corrected chi connectivity index (χ0v) is 8.84. The first-order chi connectivity index (χ1) is 4.24. The Morgan fingerprint density at radius 1 is 1.10 bits per heavy atom. The van der Waals surface area contributed by atoms with Crippen molar-refractivity contribution in [2.75, 3.05) is 27.9 Å². The van der Waals surface area contributed by atoms with Crippen molar-refractivity contribution in [3.05, 3.63) is 0 Å². The van der Waals surface area contributed by atoms with Crippen molar-refractivity contribution < 1.29 is 45.5 Å². The topological polar surface area (TPSA) is 47.9 Å². The molecule has 0 rings (SSSR count). The van der Waals surface area contributed by atoms with E-state index < -0.39 is 5.97 Å². The van der Waals surface area contributed by atoms with Crippen molar-refractivity contribution in [2.24, 2.45) is 0 Å². The fourth-order valence-electron chi connectivity index (χ4n) is 0.444. The molecule has 5 heteroatoms. The summed E-state index contributed by atoms with van der Waals surface area (Å²) < 4.78 is 14.1. The van der Waals surface area contributed by atoms with Gasteiger partial charge in [-0.05, 0) is 0 Å². The van der Waals surface area contributed by atoms with Crippen molar-refractivity contribution in [2.45, 2.75) is 5.97 Å². The molecule has 0 bridgehead atoms. The summed E-state index contributed by atoms with van der Waals surface area (Å²) in [7, 11) is 4.18. The second-order valence-corrected chi connectivity index (χ2v) is 1.45. The van der Waals surface area contributed by atoms with E-state index in [1.54, 1.807) is 0 Å². The molecule has 0 aliphatic carbocycles. The Labute approximate surface area is 79.6 Å². The normalized spacial score (nSPS) is 10.8. The molecule has 0 aliphatic heterocycles. The Balaban J connectivity index is 0. The Hall–Kier alpha value is 0.723. The largest absolute Gasteiger partial charge is 0.388 e. The summed E-state index contributed by atoms with van der Waals surface area (Å²) in [5.41, 5.74) is 0. The minimum Gasteiger partial charge on any atom is -0.388 e. The molecule has 0 aromatic rings. The van der Waals surface area contributed by atoms with Crippen molar-refractivity contribution in [3.63, 3.8) is 0 Å². The molecule has 0 radical (unpaired) electrons. The number of aliphatic hydroxyl groups excluding tert-OH is 1. The quantitative estimate of drug-likeness (QED) is 0.662. The fourth-order valence-corrected chi connectivity index (χ4v) is 0.444. The molecule has 10 heavy (non-hydrogen) atoms. The minimum absolute atomic E-state index is 0. The summed E-state index contributed by atoms with van der Waals surface area (Å²) in [4.78, 5) is 0. The minimum atomic E-state index is -1.28. The van der Waals surface area contributed by atoms with Crippen LogP contribution in [-0.4, -0.2) is 39.0 Å². The van der Waals surface area contributed by atoms with Crippen LogP contribution >= 0.6 is 0 Å². The van der Waals surface area contributed by atoms with Gasteiger partial charge >= 0.3 is 5.97 Å². The summed E-state index contributed by atoms with van der Waals surface area (Å²) in [5, 5.41) is 8.60. The van der Waals surface area contributed by atoms with E-state index in [-0.39, 0.29) is 32.8 Å². The molecule has 0 unspecified atom stereocenters. The number of hydrogen-bond acceptors (Lipinski definition) is 4. The molecule has 0 amide bonds. The van der Waals surface area contributed by atoms with Crippen molar-refractivity contribution in [3.8, 4) is 0 Å². The van der Waals surface area contributed by atoms with E-state index in [1.807, 2.05) is 0 Å². The van der Waals surface area contributed by atoms with Crippen molar-refractivity contribution >= 4 is 0 Å². The molecule has 4 nitrogen and oxygen atoms in total. The van der Waals surface area contributed by atoms with Crippen LogP contribution in [0.4, 0.5) is 0 Å². The van der Waals surface area contributed by atoms with E-state index in [1.165, 1.54) is 21.3 Å². The number of ether oxygens (including phenoxy) is 3. The second kappa shape index (κ2) is 6.43. The Bertz CT molecular complexity index is 56.5. The van der Waals surface area contributed by atoms with Gasteiger partial charge in [-0.1, -0.05) is 0 Å². The predicted molar refractivity (Wildman–Crippen MR) is 30.8 cm³/mol. The molecule has 0 saturated heterocycles. The molecule has 0 aromatic heterocycles. The van der Waals surface area contributed by atoms with Crippen LogP contribution in [-0.2, 0) is 40.4 Å². The van der Waals surface area contributed by atoms with Crippen molar-refractivity contribution in [1.82, 2.24) is 0 Å². The van der Waals surface area contributed by atoms with E-state index in [0.717, 1.165) is 0 Å². The maximum Gasteiger partial charge on any atom is 0.306 e. The van der Waals surface area contributed by atoms with Crippen LogP contribution < -0.4 is 0 Å². The number of methoxy groups -OCH3 is 3. The van der Waals surface area contributed by atoms with E-state index in [0.29, 0.717) is 0 Å². The monoisotopic (exact) mass is 226 g/mol. The van der Waals surface area contributed by atoms with Crippen LogP contribution in [0.1, 0.15) is 0 Å². The first-order valence-electron chi connectivity index (χ1n) is 2.51. The van der Waals surface area contributed by atoms with Gasteiger partial charge in [0.25, 0.3) is 0 Å². The van der Waals surface area contributed by atoms with Crippen LogP contribution in [0, 0.1) is 0 Å². The standard InChI is InChI=1S/C5H12O4.Zr/c1-7-5(4-6,8-2)9-3;/h6H,4H2,1-3H3;. The third-order valence-electron chi connectivity index (χ3n) is 1.13. The average Bonchev–Trinajstić information content (AvgIpc) is 1.95. The first-order valence-corrected chi connectivity index (χ1v) is 2.51. The average molecular weight is 227 g/mol. The van der Waals surface area contributed by atoms with Gasteiger partial charge in [0.1, 0.15) is 6.61 Å². The van der Waals surface area contributed by atoms with Gasteiger partial charge < -0.3 is 19.3 Å². The number of hydrogen-bond donors (Lipinski definition) is 1. The van der Waals surface area contributed by atoms with E-state index >= 15 is 0 Å². The van der Waals surface area contributed by atoms with E-state index in [4.69, 9.17) is 19.3 Å². The third kappa shape index (κ3) is 3.21. The predicted octanol–water partition coefficient (Wildman–Crippen LogP) is -0.431. The maximum absolute atomic E-state index is 8.60. The molecule has 0 atom stereocenters. The third-order valence-corrected chi connectivity index (χ3v) is 1.13. The van der Waals surface area contributed by atoms with Gasteiger partial charge in [-0.15, -0.1) is 0 Å². The van der Waals surface area contributed by atoms with Gasteiger partial charge in [0.15, 0.2) is 0 Å². The molecule has 0 aliphatic rings. The molecule has 60 valence electrons. The van der Waals surface area contributed by atoms with Crippen LogP contribution in [0.5, 0.6) is 0 Å². The van der Waals surface area contributed by atoms with Gasteiger partial charge in [-0.3, -0.25) is 0 Å². The van der Waals surface area contributed by atoms with E-state index in [9.17, 15) is 0 Å². The van der Waals surface area contributed by atoms with Crippen LogP contribution in [0.2, 0.25) is 0 Å². The molecule has 0 heterocycles. The summed E-state index contributed by atoms with van der Waals surface area (Å²) in [6.45, 7) is -0.323. The molecule has 0 fully saturated rings. The van der Waals surface area contributed by atoms with Gasteiger partial charge in [-0.2, -0.15) is 0 Å². The molecular weight excluding hydrogens is 215 g/mol. The van der Waals surface area contributed by atoms with Crippen LogP contribution in [0.25, 0.3) is 0 Å². The molecular formula is C5H12O4Zr. The SMILES string of the molecule is COC(CO)(OC)OC.[Zr]. The fraction of sp³-hybridized carbons (Fsp3) is 1.00. The van der Waals surface area contributed by atoms with Crippen LogP contribution in [0.3, 0.4) is 0 Å². The van der Waals surface area contributed by atoms with Gasteiger partial charge in [-0.25, -0.2) is 0 Å². The Kier molecular flexibility index (Phi) is 8.57. The van der Waals surface area contributed by atoms with E-state index in [2.05, 4.69) is 0 Å². The summed E-state index contributed by atoms with van der Waals surface area (Å²) >= 11 is 0. The smallest absolute Gasteiger partial charge is 0.306 e. The van der Waals surface area contributed by atoms with Crippen molar-refractivity contribution in [1.29, 1.82) is 0 Å². The molecule has 0 saturated carbocycles. The maximum atomic E-state index is 8.60. The Morgan fingerprint density at radius 3 is 1.40 bits per heavy atom. The Morgan fingerprint density at radius 2 is 1.40 bits per heavy atom. The van der Waals surface area contributed by atoms with Gasteiger partial charge in [0, 0.05) is 47.5 Å². The molecule has 1 N–H and O–H groups in total. The molecule has 0 aromatic carbocycles. The zero-order valence-electron chi connectivity index (χ0n) is 6.38. The van der Waals surface area contributed by atoms with Crippen LogP contribution in [0.15, 0.2) is 0 Å². The zero-order chi connectivity index (χ0) is 7.33.